The zero-order valence-electron chi connectivity index (χ0n) is 20.2. The Morgan fingerprint density at radius 3 is 2.27 bits per heavy atom. The fraction of sp³-hybridized carbons (Fsp3) is 0.810. The zero-order chi connectivity index (χ0) is 27.1. The van der Waals surface area contributed by atoms with Gasteiger partial charge in [-0.2, -0.15) is 21.6 Å². The van der Waals surface area contributed by atoms with Gasteiger partial charge in [0.2, 0.25) is 0 Å². The molecular formula is C21H31F3N2O10S. The standard InChI is InChI=1S/C21H31F3N2O10S/c1-14(26-9-8-17(27)25-20(26)28)35-15(12-33-18-6-2-4-10-31-18)16(36-19-7-3-5-11-32-19)13-34-37(29,30)21(22,23)24/h8-9,14-16,18-19H,2-7,10-13H2,1H3,(H,25,27,28). The maximum absolute atomic E-state index is 12.9. The summed E-state index contributed by atoms with van der Waals surface area (Å²) in [5.41, 5.74) is -7.07. The van der Waals surface area contributed by atoms with Gasteiger partial charge in [0.15, 0.2) is 12.6 Å². The van der Waals surface area contributed by atoms with Crippen LogP contribution in [0, 0.1) is 0 Å². The number of ether oxygens (including phenoxy) is 5. The lowest BCUT2D eigenvalue weighted by molar-refractivity contribution is -0.247. The van der Waals surface area contributed by atoms with Crippen molar-refractivity contribution in [3.8, 4) is 0 Å². The van der Waals surface area contributed by atoms with Crippen molar-refractivity contribution in [2.75, 3.05) is 26.4 Å². The Morgan fingerprint density at radius 2 is 1.70 bits per heavy atom. The van der Waals surface area contributed by atoms with E-state index < -0.39 is 64.5 Å². The molecule has 2 aliphatic heterocycles. The fourth-order valence-corrected chi connectivity index (χ4v) is 4.23. The lowest BCUT2D eigenvalue weighted by Crippen LogP contribution is -2.46. The summed E-state index contributed by atoms with van der Waals surface area (Å²) < 4.78 is 95.8. The highest BCUT2D eigenvalue weighted by Crippen LogP contribution is 2.27. The Bertz CT molecular complexity index is 1070. The Morgan fingerprint density at radius 1 is 1.05 bits per heavy atom. The summed E-state index contributed by atoms with van der Waals surface area (Å²) in [5, 5.41) is 0. The van der Waals surface area contributed by atoms with E-state index >= 15 is 0 Å². The van der Waals surface area contributed by atoms with E-state index in [2.05, 4.69) is 9.17 Å². The molecule has 212 valence electrons. The van der Waals surface area contributed by atoms with Crippen molar-refractivity contribution < 1.29 is 49.5 Å². The number of nitrogens with one attached hydrogen (secondary N) is 1. The molecule has 1 aromatic heterocycles. The molecule has 16 heteroatoms. The molecule has 5 atom stereocenters. The molecule has 37 heavy (non-hydrogen) atoms. The van der Waals surface area contributed by atoms with Crippen LogP contribution in [0.5, 0.6) is 0 Å². The summed E-state index contributed by atoms with van der Waals surface area (Å²) in [6.45, 7) is 0.905. The van der Waals surface area contributed by atoms with Gasteiger partial charge in [-0.05, 0) is 45.4 Å². The third-order valence-electron chi connectivity index (χ3n) is 5.75. The molecule has 5 unspecified atom stereocenters. The molecule has 0 aliphatic carbocycles. The van der Waals surface area contributed by atoms with Crippen LogP contribution in [-0.4, -0.2) is 74.7 Å². The van der Waals surface area contributed by atoms with Crippen molar-refractivity contribution in [1.82, 2.24) is 9.55 Å². The minimum Gasteiger partial charge on any atom is -0.353 e. The van der Waals surface area contributed by atoms with Gasteiger partial charge >= 0.3 is 21.3 Å². The highest BCUT2D eigenvalue weighted by atomic mass is 32.2. The van der Waals surface area contributed by atoms with Crippen LogP contribution in [0.1, 0.15) is 51.7 Å². The van der Waals surface area contributed by atoms with E-state index in [1.165, 1.54) is 13.1 Å². The summed E-state index contributed by atoms with van der Waals surface area (Å²) in [4.78, 5) is 25.7. The number of hydrogen-bond acceptors (Lipinski definition) is 10. The van der Waals surface area contributed by atoms with Crippen LogP contribution in [0.3, 0.4) is 0 Å². The molecule has 0 saturated carbocycles. The number of H-pyrrole nitrogens is 1. The van der Waals surface area contributed by atoms with Crippen LogP contribution in [0.4, 0.5) is 13.2 Å². The Labute approximate surface area is 211 Å². The minimum atomic E-state index is -5.93. The van der Waals surface area contributed by atoms with Crippen molar-refractivity contribution in [2.45, 2.75) is 82.0 Å². The third kappa shape index (κ3) is 8.87. The van der Waals surface area contributed by atoms with Gasteiger partial charge in [0, 0.05) is 25.5 Å². The van der Waals surface area contributed by atoms with E-state index in [0.29, 0.717) is 26.1 Å². The third-order valence-corrected chi connectivity index (χ3v) is 6.76. The van der Waals surface area contributed by atoms with Crippen LogP contribution in [0.25, 0.3) is 0 Å². The Hall–Kier alpha value is -1.82. The molecule has 0 aromatic carbocycles. The summed E-state index contributed by atoms with van der Waals surface area (Å²) >= 11 is 0. The first-order valence-electron chi connectivity index (χ1n) is 11.9. The fourth-order valence-electron chi connectivity index (χ4n) is 3.78. The second-order valence-electron chi connectivity index (χ2n) is 8.58. The van der Waals surface area contributed by atoms with Crippen molar-refractivity contribution in [3.63, 3.8) is 0 Å². The molecule has 3 heterocycles. The average Bonchev–Trinajstić information content (AvgIpc) is 2.85. The first-order chi connectivity index (χ1) is 17.5. The van der Waals surface area contributed by atoms with E-state index in [9.17, 15) is 31.2 Å². The lowest BCUT2D eigenvalue weighted by atomic mass is 10.2. The smallest absolute Gasteiger partial charge is 0.353 e. The van der Waals surface area contributed by atoms with Gasteiger partial charge in [-0.1, -0.05) is 0 Å². The Balaban J connectivity index is 1.83. The molecular weight excluding hydrogens is 529 g/mol. The molecule has 0 radical (unpaired) electrons. The maximum atomic E-state index is 12.9. The number of alkyl halides is 3. The second-order valence-corrected chi connectivity index (χ2v) is 10.2. The lowest BCUT2D eigenvalue weighted by Gasteiger charge is -2.34. The molecule has 0 amide bonds. The van der Waals surface area contributed by atoms with E-state index in [-0.39, 0.29) is 6.61 Å². The van der Waals surface area contributed by atoms with Gasteiger partial charge in [-0.3, -0.25) is 18.5 Å². The monoisotopic (exact) mass is 560 g/mol. The molecule has 1 aromatic rings. The number of rotatable bonds is 12. The second kappa shape index (κ2) is 13.3. The van der Waals surface area contributed by atoms with Crippen LogP contribution in [0.2, 0.25) is 0 Å². The van der Waals surface area contributed by atoms with Crippen molar-refractivity contribution >= 4 is 10.1 Å². The highest BCUT2D eigenvalue weighted by Gasteiger charge is 2.48. The van der Waals surface area contributed by atoms with E-state index in [1.54, 1.807) is 0 Å². The zero-order valence-corrected chi connectivity index (χ0v) is 21.0. The molecule has 1 N–H and O–H groups in total. The van der Waals surface area contributed by atoms with Crippen LogP contribution in [-0.2, 0) is 38.0 Å². The quantitative estimate of drug-likeness (QED) is 0.297. The van der Waals surface area contributed by atoms with Crippen molar-refractivity contribution in [2.24, 2.45) is 0 Å². The number of halogens is 3. The van der Waals surface area contributed by atoms with Crippen LogP contribution >= 0.6 is 0 Å². The van der Waals surface area contributed by atoms with Gasteiger partial charge < -0.3 is 23.7 Å². The predicted octanol–water partition coefficient (Wildman–Crippen LogP) is 1.76. The van der Waals surface area contributed by atoms with Crippen LogP contribution in [0.15, 0.2) is 21.9 Å². The number of aromatic amines is 1. The van der Waals surface area contributed by atoms with Crippen LogP contribution < -0.4 is 11.2 Å². The van der Waals surface area contributed by atoms with Gasteiger partial charge in [-0.15, -0.1) is 0 Å². The summed E-state index contributed by atoms with van der Waals surface area (Å²) in [6, 6.07) is 1.09. The van der Waals surface area contributed by atoms with Gasteiger partial charge in [0.05, 0.1) is 13.2 Å². The van der Waals surface area contributed by atoms with E-state index in [1.807, 2.05) is 0 Å². The first kappa shape index (κ1) is 29.7. The molecule has 3 rings (SSSR count). The predicted molar refractivity (Wildman–Crippen MR) is 120 cm³/mol. The topological polar surface area (TPSA) is 144 Å². The number of aromatic nitrogens is 2. The number of nitrogens with zero attached hydrogens (tertiary/aromatic N) is 1. The number of hydrogen-bond donors (Lipinski definition) is 1. The molecule has 2 aliphatic rings. The summed E-state index contributed by atoms with van der Waals surface area (Å²) in [7, 11) is -5.93. The summed E-state index contributed by atoms with van der Waals surface area (Å²) in [6.07, 6.45) is 0.157. The molecule has 0 spiro atoms. The highest BCUT2D eigenvalue weighted by molar-refractivity contribution is 7.87. The van der Waals surface area contributed by atoms with Gasteiger partial charge in [0.25, 0.3) is 5.56 Å². The first-order valence-corrected chi connectivity index (χ1v) is 13.3. The molecule has 2 saturated heterocycles. The van der Waals surface area contributed by atoms with Gasteiger partial charge in [0.1, 0.15) is 18.4 Å². The SMILES string of the molecule is CC(OC(COC1CCCCO1)C(COS(=O)(=O)C(F)(F)F)OC1CCCCO1)n1ccc(=O)[nH]c1=O. The van der Waals surface area contributed by atoms with Crippen molar-refractivity contribution in [1.29, 1.82) is 0 Å². The largest absolute Gasteiger partial charge is 0.523 e. The molecule has 12 nitrogen and oxygen atoms in total. The van der Waals surface area contributed by atoms with Gasteiger partial charge in [-0.25, -0.2) is 4.79 Å². The maximum Gasteiger partial charge on any atom is 0.523 e. The van der Waals surface area contributed by atoms with E-state index in [4.69, 9.17) is 23.7 Å². The Kier molecular flexibility index (Phi) is 10.7. The average molecular weight is 561 g/mol. The molecule has 2 fully saturated rings. The normalized spacial score (nSPS) is 23.9. The minimum absolute atomic E-state index is 0.292. The van der Waals surface area contributed by atoms with Crippen molar-refractivity contribution in [3.05, 3.63) is 33.1 Å². The summed E-state index contributed by atoms with van der Waals surface area (Å²) in [5.74, 6) is 0. The van der Waals surface area contributed by atoms with E-state index in [0.717, 1.165) is 36.3 Å². The molecule has 0 bridgehead atoms.